The van der Waals surface area contributed by atoms with Crippen molar-refractivity contribution >= 4 is 23.4 Å². The molecule has 0 spiro atoms. The first kappa shape index (κ1) is 19.7. The van der Waals surface area contributed by atoms with Crippen molar-refractivity contribution in [2.75, 3.05) is 19.6 Å². The molecule has 1 aromatic carbocycles. The normalized spacial score (nSPS) is 18.6. The van der Waals surface area contributed by atoms with Gasteiger partial charge in [-0.3, -0.25) is 9.59 Å². The summed E-state index contributed by atoms with van der Waals surface area (Å²) in [6.45, 7) is 6.72. The number of amides is 2. The Morgan fingerprint density at radius 3 is 2.60 bits per heavy atom. The van der Waals surface area contributed by atoms with E-state index in [0.717, 1.165) is 25.9 Å². The molecule has 6 heteroatoms. The lowest BCUT2D eigenvalue weighted by Gasteiger charge is -2.25. The fourth-order valence-electron chi connectivity index (χ4n) is 3.01. The van der Waals surface area contributed by atoms with Gasteiger partial charge in [-0.05, 0) is 68.5 Å². The first-order valence-electron chi connectivity index (χ1n) is 9.00. The zero-order valence-corrected chi connectivity index (χ0v) is 15.7. The van der Waals surface area contributed by atoms with Crippen molar-refractivity contribution in [3.05, 3.63) is 34.9 Å². The van der Waals surface area contributed by atoms with Gasteiger partial charge in [0.2, 0.25) is 5.91 Å². The van der Waals surface area contributed by atoms with Gasteiger partial charge < -0.3 is 16.0 Å². The minimum atomic E-state index is -0.528. The summed E-state index contributed by atoms with van der Waals surface area (Å²) in [4.78, 5) is 25.0. The Kier molecular flexibility index (Phi) is 7.72. The lowest BCUT2D eigenvalue weighted by atomic mass is 9.99. The van der Waals surface area contributed by atoms with Crippen LogP contribution in [0.2, 0.25) is 5.02 Å². The van der Waals surface area contributed by atoms with Crippen molar-refractivity contribution in [1.82, 2.24) is 16.0 Å². The highest BCUT2D eigenvalue weighted by Crippen LogP contribution is 2.12. The molecule has 0 aromatic heterocycles. The van der Waals surface area contributed by atoms with Crippen molar-refractivity contribution in [1.29, 1.82) is 0 Å². The van der Waals surface area contributed by atoms with Crippen LogP contribution in [0.4, 0.5) is 0 Å². The number of halogens is 1. The van der Waals surface area contributed by atoms with Crippen LogP contribution in [0.3, 0.4) is 0 Å². The first-order valence-corrected chi connectivity index (χ1v) is 9.38. The summed E-state index contributed by atoms with van der Waals surface area (Å²) in [5, 5.41) is 9.80. The third kappa shape index (κ3) is 6.67. The number of benzene rings is 1. The monoisotopic (exact) mass is 365 g/mol. The van der Waals surface area contributed by atoms with E-state index in [-0.39, 0.29) is 11.8 Å². The van der Waals surface area contributed by atoms with Crippen molar-refractivity contribution in [2.45, 2.75) is 39.2 Å². The zero-order chi connectivity index (χ0) is 18.2. The van der Waals surface area contributed by atoms with Gasteiger partial charge in [-0.1, -0.05) is 25.4 Å². The fraction of sp³-hybridized carbons (Fsp3) is 0.579. The summed E-state index contributed by atoms with van der Waals surface area (Å²) in [5.41, 5.74) is 0.502. The molecule has 1 aliphatic heterocycles. The second-order valence-electron chi connectivity index (χ2n) is 7.12. The fourth-order valence-corrected chi connectivity index (χ4v) is 3.14. The lowest BCUT2D eigenvalue weighted by Crippen LogP contribution is -2.49. The number of hydrogen-bond acceptors (Lipinski definition) is 3. The molecule has 0 saturated carbocycles. The molecule has 3 N–H and O–H groups in total. The number of hydrogen-bond donors (Lipinski definition) is 3. The third-order valence-electron chi connectivity index (χ3n) is 4.40. The maximum absolute atomic E-state index is 12.6. The molecule has 1 aliphatic rings. The van der Waals surface area contributed by atoms with Crippen molar-refractivity contribution in [3.63, 3.8) is 0 Å². The van der Waals surface area contributed by atoms with Gasteiger partial charge in [0.15, 0.2) is 0 Å². The van der Waals surface area contributed by atoms with Gasteiger partial charge in [0.05, 0.1) is 0 Å². The lowest BCUT2D eigenvalue weighted by molar-refractivity contribution is -0.123. The zero-order valence-electron chi connectivity index (χ0n) is 15.0. The molecule has 1 fully saturated rings. The topological polar surface area (TPSA) is 70.2 Å². The summed E-state index contributed by atoms with van der Waals surface area (Å²) in [7, 11) is 0. The quantitative estimate of drug-likeness (QED) is 0.695. The minimum Gasteiger partial charge on any atom is -0.354 e. The predicted octanol–water partition coefficient (Wildman–Crippen LogP) is 2.60. The highest BCUT2D eigenvalue weighted by molar-refractivity contribution is 6.30. The molecular formula is C19H28ClN3O2. The molecule has 2 rings (SSSR count). The van der Waals surface area contributed by atoms with Crippen LogP contribution in [0, 0.1) is 11.8 Å². The maximum Gasteiger partial charge on any atom is 0.251 e. The summed E-state index contributed by atoms with van der Waals surface area (Å²) in [5.74, 6) is 0.403. The van der Waals surface area contributed by atoms with Gasteiger partial charge in [-0.15, -0.1) is 0 Å². The SMILES string of the molecule is CC(C)CC(NC(=O)c1ccc(Cl)cc1)C(=O)NCC1CCCNC1. The number of carbonyl (C=O) groups excluding carboxylic acids is 2. The summed E-state index contributed by atoms with van der Waals surface area (Å²) in [6.07, 6.45) is 2.87. The molecule has 0 bridgehead atoms. The largest absolute Gasteiger partial charge is 0.354 e. The van der Waals surface area contributed by atoms with Crippen LogP contribution >= 0.6 is 11.6 Å². The standard InChI is InChI=1S/C19H28ClN3O2/c1-13(2)10-17(19(25)22-12-14-4-3-9-21-11-14)23-18(24)15-5-7-16(20)8-6-15/h5-8,13-14,17,21H,3-4,9-12H2,1-2H3,(H,22,25)(H,23,24). The van der Waals surface area contributed by atoms with Gasteiger partial charge >= 0.3 is 0 Å². The molecule has 2 unspecified atom stereocenters. The average molecular weight is 366 g/mol. The van der Waals surface area contributed by atoms with Crippen LogP contribution < -0.4 is 16.0 Å². The van der Waals surface area contributed by atoms with Crippen molar-refractivity contribution < 1.29 is 9.59 Å². The average Bonchev–Trinajstić information content (AvgIpc) is 2.60. The predicted molar refractivity (Wildman–Crippen MR) is 101 cm³/mol. The number of carbonyl (C=O) groups is 2. The highest BCUT2D eigenvalue weighted by atomic mass is 35.5. The maximum atomic E-state index is 12.6. The molecule has 25 heavy (non-hydrogen) atoms. The number of piperidine rings is 1. The second kappa shape index (κ2) is 9.78. The van der Waals surface area contributed by atoms with E-state index in [2.05, 4.69) is 16.0 Å². The third-order valence-corrected chi connectivity index (χ3v) is 4.65. The smallest absolute Gasteiger partial charge is 0.251 e. The van der Waals surface area contributed by atoms with Crippen LogP contribution in [0.5, 0.6) is 0 Å². The second-order valence-corrected chi connectivity index (χ2v) is 7.56. The molecule has 0 radical (unpaired) electrons. The molecule has 1 heterocycles. The van der Waals surface area contributed by atoms with Gasteiger partial charge in [-0.2, -0.15) is 0 Å². The molecule has 2 amide bonds. The molecule has 2 atom stereocenters. The molecule has 138 valence electrons. The number of rotatable bonds is 7. The van der Waals surface area contributed by atoms with Crippen LogP contribution in [0.15, 0.2) is 24.3 Å². The molecule has 0 aliphatic carbocycles. The van der Waals surface area contributed by atoms with Crippen LogP contribution in [0.25, 0.3) is 0 Å². The van der Waals surface area contributed by atoms with E-state index in [4.69, 9.17) is 11.6 Å². The van der Waals surface area contributed by atoms with Crippen LogP contribution in [-0.4, -0.2) is 37.5 Å². The van der Waals surface area contributed by atoms with E-state index < -0.39 is 6.04 Å². The van der Waals surface area contributed by atoms with E-state index >= 15 is 0 Å². The van der Waals surface area contributed by atoms with Gasteiger partial charge in [0.1, 0.15) is 6.04 Å². The molecular weight excluding hydrogens is 338 g/mol. The minimum absolute atomic E-state index is 0.110. The van der Waals surface area contributed by atoms with Gasteiger partial charge in [0.25, 0.3) is 5.91 Å². The Balaban J connectivity index is 1.93. The Morgan fingerprint density at radius 1 is 1.28 bits per heavy atom. The Hall–Kier alpha value is -1.59. The summed E-state index contributed by atoms with van der Waals surface area (Å²) in [6, 6.07) is 6.14. The van der Waals surface area contributed by atoms with E-state index in [0.29, 0.717) is 35.4 Å². The highest BCUT2D eigenvalue weighted by Gasteiger charge is 2.23. The van der Waals surface area contributed by atoms with E-state index in [1.165, 1.54) is 0 Å². The van der Waals surface area contributed by atoms with Crippen LogP contribution in [0.1, 0.15) is 43.5 Å². The molecule has 1 aromatic rings. The van der Waals surface area contributed by atoms with Gasteiger partial charge in [-0.25, -0.2) is 0 Å². The molecule has 5 nitrogen and oxygen atoms in total. The first-order chi connectivity index (χ1) is 12.0. The Bertz CT molecular complexity index is 569. The van der Waals surface area contributed by atoms with Crippen molar-refractivity contribution in [2.24, 2.45) is 11.8 Å². The summed E-state index contributed by atoms with van der Waals surface area (Å²) < 4.78 is 0. The van der Waals surface area contributed by atoms with Crippen LogP contribution in [-0.2, 0) is 4.79 Å². The van der Waals surface area contributed by atoms with E-state index in [9.17, 15) is 9.59 Å². The van der Waals surface area contributed by atoms with E-state index in [1.54, 1.807) is 24.3 Å². The molecule has 1 saturated heterocycles. The van der Waals surface area contributed by atoms with Gasteiger partial charge in [0, 0.05) is 17.1 Å². The Labute approximate surface area is 154 Å². The van der Waals surface area contributed by atoms with Crippen molar-refractivity contribution in [3.8, 4) is 0 Å². The number of nitrogens with one attached hydrogen (secondary N) is 3. The summed E-state index contributed by atoms with van der Waals surface area (Å²) >= 11 is 5.86. The van der Waals surface area contributed by atoms with E-state index in [1.807, 2.05) is 13.8 Å². The Morgan fingerprint density at radius 2 is 2.00 bits per heavy atom.